The van der Waals surface area contributed by atoms with Crippen LogP contribution in [0.2, 0.25) is 0 Å². The van der Waals surface area contributed by atoms with Gasteiger partial charge in [-0.1, -0.05) is 6.92 Å². The fourth-order valence-electron chi connectivity index (χ4n) is 1.54. The standard InChI is InChI=1S/C13H25N3O4/c1-6-7-14-10(17)8-15(5)12(20)16(9-11(18)19)13(2,3)4/h6-9H2,1-5H3,(H,14,17)(H,18,19). The minimum absolute atomic E-state index is 0.0922. The van der Waals surface area contributed by atoms with E-state index in [0.717, 1.165) is 6.42 Å². The van der Waals surface area contributed by atoms with E-state index < -0.39 is 24.1 Å². The quantitative estimate of drug-likeness (QED) is 0.754. The van der Waals surface area contributed by atoms with Crippen molar-refractivity contribution in [2.75, 3.05) is 26.7 Å². The number of rotatable bonds is 6. The molecule has 0 aromatic rings. The molecule has 7 nitrogen and oxygen atoms in total. The van der Waals surface area contributed by atoms with Gasteiger partial charge < -0.3 is 20.2 Å². The topological polar surface area (TPSA) is 90.0 Å². The number of aliphatic carboxylic acids is 1. The van der Waals surface area contributed by atoms with Gasteiger partial charge in [0, 0.05) is 19.1 Å². The molecule has 0 aromatic carbocycles. The number of likely N-dealkylation sites (N-methyl/N-ethyl adjacent to an activating group) is 1. The van der Waals surface area contributed by atoms with Crippen molar-refractivity contribution in [3.63, 3.8) is 0 Å². The van der Waals surface area contributed by atoms with E-state index >= 15 is 0 Å². The molecule has 0 atom stereocenters. The van der Waals surface area contributed by atoms with Crippen LogP contribution in [0.1, 0.15) is 34.1 Å². The van der Waals surface area contributed by atoms with Crippen LogP contribution in [-0.2, 0) is 9.59 Å². The summed E-state index contributed by atoms with van der Waals surface area (Å²) in [5.41, 5.74) is -0.635. The Morgan fingerprint density at radius 3 is 2.10 bits per heavy atom. The summed E-state index contributed by atoms with van der Waals surface area (Å²) in [7, 11) is 1.48. The summed E-state index contributed by atoms with van der Waals surface area (Å²) in [6.07, 6.45) is 0.816. The van der Waals surface area contributed by atoms with Gasteiger partial charge in [0.15, 0.2) is 0 Å². The molecule has 20 heavy (non-hydrogen) atoms. The summed E-state index contributed by atoms with van der Waals surface area (Å²) in [5, 5.41) is 11.6. The number of carbonyl (C=O) groups is 3. The Hall–Kier alpha value is -1.79. The van der Waals surface area contributed by atoms with Gasteiger partial charge in [0.05, 0.1) is 0 Å². The Labute approximate surface area is 119 Å². The first-order valence-corrected chi connectivity index (χ1v) is 6.60. The van der Waals surface area contributed by atoms with Crippen LogP contribution in [-0.4, -0.2) is 65.0 Å². The SMILES string of the molecule is CCCNC(=O)CN(C)C(=O)N(CC(=O)O)C(C)(C)C. The van der Waals surface area contributed by atoms with Crippen LogP contribution in [0.5, 0.6) is 0 Å². The van der Waals surface area contributed by atoms with Crippen molar-refractivity contribution >= 4 is 17.9 Å². The van der Waals surface area contributed by atoms with Gasteiger partial charge in [0.1, 0.15) is 13.1 Å². The second kappa shape index (κ2) is 7.72. The molecule has 116 valence electrons. The van der Waals surface area contributed by atoms with Crippen LogP contribution >= 0.6 is 0 Å². The van der Waals surface area contributed by atoms with Crippen LogP contribution in [0.3, 0.4) is 0 Å². The van der Waals surface area contributed by atoms with E-state index in [2.05, 4.69) is 5.32 Å². The molecule has 0 rings (SSSR count). The zero-order valence-corrected chi connectivity index (χ0v) is 12.9. The Bertz CT molecular complexity index is 363. The van der Waals surface area contributed by atoms with E-state index in [4.69, 9.17) is 5.11 Å². The van der Waals surface area contributed by atoms with Gasteiger partial charge >= 0.3 is 12.0 Å². The van der Waals surface area contributed by atoms with Crippen molar-refractivity contribution in [1.29, 1.82) is 0 Å². The molecule has 3 amide bonds. The first-order valence-electron chi connectivity index (χ1n) is 6.60. The number of hydrogen-bond acceptors (Lipinski definition) is 3. The maximum absolute atomic E-state index is 12.2. The van der Waals surface area contributed by atoms with Crippen LogP contribution in [0.15, 0.2) is 0 Å². The highest BCUT2D eigenvalue weighted by molar-refractivity contribution is 5.85. The summed E-state index contributed by atoms with van der Waals surface area (Å²) < 4.78 is 0. The van der Waals surface area contributed by atoms with Gasteiger partial charge in [0.25, 0.3) is 0 Å². The first kappa shape index (κ1) is 18.2. The summed E-state index contributed by atoms with van der Waals surface area (Å²) >= 11 is 0. The molecule has 0 radical (unpaired) electrons. The lowest BCUT2D eigenvalue weighted by Gasteiger charge is -2.37. The van der Waals surface area contributed by atoms with Crippen LogP contribution < -0.4 is 5.32 Å². The second-order valence-corrected chi connectivity index (χ2v) is 5.64. The molecule has 0 bridgehead atoms. The highest BCUT2D eigenvalue weighted by Crippen LogP contribution is 2.15. The monoisotopic (exact) mass is 287 g/mol. The van der Waals surface area contributed by atoms with E-state index in [1.165, 1.54) is 16.8 Å². The van der Waals surface area contributed by atoms with Crippen molar-refractivity contribution in [3.05, 3.63) is 0 Å². The summed E-state index contributed by atoms with van der Waals surface area (Å²) in [4.78, 5) is 37.1. The predicted octanol–water partition coefficient (Wildman–Crippen LogP) is 0.750. The number of urea groups is 1. The lowest BCUT2D eigenvalue weighted by atomic mass is 10.1. The van der Waals surface area contributed by atoms with E-state index in [1.54, 1.807) is 20.8 Å². The fraction of sp³-hybridized carbons (Fsp3) is 0.769. The molecule has 2 N–H and O–H groups in total. The predicted molar refractivity (Wildman–Crippen MR) is 75.4 cm³/mol. The Balaban J connectivity index is 4.72. The van der Waals surface area contributed by atoms with Gasteiger partial charge in [-0.3, -0.25) is 9.59 Å². The molecular weight excluding hydrogens is 262 g/mol. The largest absolute Gasteiger partial charge is 0.480 e. The maximum Gasteiger partial charge on any atom is 0.323 e. The zero-order chi connectivity index (χ0) is 15.9. The Morgan fingerprint density at radius 1 is 1.15 bits per heavy atom. The van der Waals surface area contributed by atoms with Gasteiger partial charge in [-0.2, -0.15) is 0 Å². The summed E-state index contributed by atoms with van der Waals surface area (Å²) in [6, 6.07) is -0.480. The average Bonchev–Trinajstić information content (AvgIpc) is 2.30. The molecule has 0 aromatic heterocycles. The van der Waals surface area contributed by atoms with E-state index in [9.17, 15) is 14.4 Å². The molecule has 0 fully saturated rings. The van der Waals surface area contributed by atoms with Crippen LogP contribution in [0, 0.1) is 0 Å². The minimum atomic E-state index is -1.09. The summed E-state index contributed by atoms with van der Waals surface area (Å²) in [5.74, 6) is -1.34. The average molecular weight is 287 g/mol. The number of nitrogens with one attached hydrogen (secondary N) is 1. The highest BCUT2D eigenvalue weighted by Gasteiger charge is 2.31. The Morgan fingerprint density at radius 2 is 1.70 bits per heavy atom. The van der Waals surface area contributed by atoms with Crippen LogP contribution in [0.4, 0.5) is 4.79 Å². The first-order chi connectivity index (χ1) is 9.09. The van der Waals surface area contributed by atoms with Gasteiger partial charge in [0.2, 0.25) is 5.91 Å². The van der Waals surface area contributed by atoms with E-state index in [1.807, 2.05) is 6.92 Å². The molecule has 0 saturated carbocycles. The van der Waals surface area contributed by atoms with Crippen molar-refractivity contribution in [2.24, 2.45) is 0 Å². The lowest BCUT2D eigenvalue weighted by Crippen LogP contribution is -2.54. The van der Waals surface area contributed by atoms with Crippen molar-refractivity contribution in [3.8, 4) is 0 Å². The number of carboxylic acids is 1. The van der Waals surface area contributed by atoms with E-state index in [-0.39, 0.29) is 12.5 Å². The van der Waals surface area contributed by atoms with Gasteiger partial charge in [-0.15, -0.1) is 0 Å². The minimum Gasteiger partial charge on any atom is -0.480 e. The second-order valence-electron chi connectivity index (χ2n) is 5.64. The number of amides is 3. The molecule has 0 heterocycles. The third-order valence-electron chi connectivity index (χ3n) is 2.61. The zero-order valence-electron chi connectivity index (χ0n) is 12.9. The van der Waals surface area contributed by atoms with E-state index in [0.29, 0.717) is 6.54 Å². The normalized spacial score (nSPS) is 10.8. The number of carbonyl (C=O) groups excluding carboxylic acids is 2. The maximum atomic E-state index is 12.2. The molecular formula is C13H25N3O4. The van der Waals surface area contributed by atoms with Crippen LogP contribution in [0.25, 0.3) is 0 Å². The molecule has 0 aliphatic heterocycles. The number of carboxylic acid groups (broad SMARTS) is 1. The number of hydrogen-bond donors (Lipinski definition) is 2. The molecule has 0 unspecified atom stereocenters. The third-order valence-corrected chi connectivity index (χ3v) is 2.61. The lowest BCUT2D eigenvalue weighted by molar-refractivity contribution is -0.138. The van der Waals surface area contributed by atoms with Crippen molar-refractivity contribution in [2.45, 2.75) is 39.7 Å². The number of nitrogens with zero attached hydrogens (tertiary/aromatic N) is 2. The van der Waals surface area contributed by atoms with Gasteiger partial charge in [-0.05, 0) is 27.2 Å². The molecule has 0 aliphatic rings. The molecule has 0 aliphatic carbocycles. The molecule has 0 spiro atoms. The smallest absolute Gasteiger partial charge is 0.323 e. The fourth-order valence-corrected chi connectivity index (χ4v) is 1.54. The van der Waals surface area contributed by atoms with Crippen molar-refractivity contribution in [1.82, 2.24) is 15.1 Å². The Kier molecular flexibility index (Phi) is 7.02. The highest BCUT2D eigenvalue weighted by atomic mass is 16.4. The summed E-state index contributed by atoms with van der Waals surface area (Å²) in [6.45, 7) is 7.24. The third kappa shape index (κ3) is 6.40. The van der Waals surface area contributed by atoms with Crippen molar-refractivity contribution < 1.29 is 19.5 Å². The van der Waals surface area contributed by atoms with Gasteiger partial charge in [-0.25, -0.2) is 4.79 Å². The molecule has 0 saturated heterocycles. The molecule has 7 heteroatoms.